The minimum atomic E-state index is -0.261. The third-order valence-corrected chi connectivity index (χ3v) is 4.13. The Morgan fingerprint density at radius 1 is 1.38 bits per heavy atom. The van der Waals surface area contributed by atoms with E-state index < -0.39 is 0 Å². The van der Waals surface area contributed by atoms with Gasteiger partial charge in [-0.3, -0.25) is 9.59 Å². The van der Waals surface area contributed by atoms with Gasteiger partial charge in [-0.25, -0.2) is 0 Å². The molecule has 112 valence electrons. The van der Waals surface area contributed by atoms with Crippen LogP contribution in [0, 0.1) is 12.8 Å². The number of aryl methyl sites for hydroxylation is 1. The van der Waals surface area contributed by atoms with E-state index in [4.69, 9.17) is 4.74 Å². The van der Waals surface area contributed by atoms with Gasteiger partial charge in [0, 0.05) is 19.0 Å². The molecular formula is C16H20N2O3. The molecule has 0 aromatic heterocycles. The number of carbonyl (C=O) groups excluding carboxylic acids is 2. The maximum absolute atomic E-state index is 12.4. The van der Waals surface area contributed by atoms with Crippen molar-refractivity contribution in [1.29, 1.82) is 0 Å². The first-order valence-electron chi connectivity index (χ1n) is 7.33. The van der Waals surface area contributed by atoms with Gasteiger partial charge < -0.3 is 15.0 Å². The summed E-state index contributed by atoms with van der Waals surface area (Å²) in [4.78, 5) is 26.2. The number of ether oxygens (including phenoxy) is 1. The van der Waals surface area contributed by atoms with Gasteiger partial charge in [-0.2, -0.15) is 0 Å². The lowest BCUT2D eigenvalue weighted by molar-refractivity contribution is -0.128. The van der Waals surface area contributed by atoms with Crippen molar-refractivity contribution in [3.8, 4) is 5.75 Å². The van der Waals surface area contributed by atoms with Crippen molar-refractivity contribution in [1.82, 2.24) is 4.90 Å². The van der Waals surface area contributed by atoms with Crippen molar-refractivity contribution in [3.05, 3.63) is 23.8 Å². The second-order valence-corrected chi connectivity index (χ2v) is 5.87. The summed E-state index contributed by atoms with van der Waals surface area (Å²) in [5, 5.41) is 2.90. The fraction of sp³-hybridized carbons (Fsp3) is 0.500. The van der Waals surface area contributed by atoms with Gasteiger partial charge in [-0.05, 0) is 37.5 Å². The largest absolute Gasteiger partial charge is 0.495 e. The number of amides is 2. The van der Waals surface area contributed by atoms with Crippen LogP contribution >= 0.6 is 0 Å². The fourth-order valence-electron chi connectivity index (χ4n) is 2.80. The fourth-order valence-corrected chi connectivity index (χ4v) is 2.80. The number of nitrogens with zero attached hydrogens (tertiary/aromatic N) is 1. The molecule has 1 aliphatic heterocycles. The minimum Gasteiger partial charge on any atom is -0.495 e. The van der Waals surface area contributed by atoms with Crippen LogP contribution in [-0.4, -0.2) is 36.4 Å². The first kappa shape index (κ1) is 13.9. The summed E-state index contributed by atoms with van der Waals surface area (Å²) in [7, 11) is 1.58. The average molecular weight is 288 g/mol. The number of nitrogens with one attached hydrogen (secondary N) is 1. The summed E-state index contributed by atoms with van der Waals surface area (Å²) >= 11 is 0. The maximum Gasteiger partial charge on any atom is 0.229 e. The summed E-state index contributed by atoms with van der Waals surface area (Å²) in [6.45, 7) is 2.51. The van der Waals surface area contributed by atoms with E-state index in [9.17, 15) is 9.59 Å². The number of benzene rings is 1. The lowest BCUT2D eigenvalue weighted by atomic mass is 10.1. The molecule has 1 atom stereocenters. The Kier molecular flexibility index (Phi) is 3.57. The zero-order chi connectivity index (χ0) is 15.0. The number of rotatable bonds is 4. The van der Waals surface area contributed by atoms with Gasteiger partial charge >= 0.3 is 0 Å². The van der Waals surface area contributed by atoms with Crippen molar-refractivity contribution in [2.24, 2.45) is 5.92 Å². The molecule has 5 nitrogen and oxygen atoms in total. The normalized spacial score (nSPS) is 21.5. The van der Waals surface area contributed by atoms with Crippen molar-refractivity contribution >= 4 is 17.5 Å². The lowest BCUT2D eigenvalue weighted by Gasteiger charge is -2.16. The summed E-state index contributed by atoms with van der Waals surface area (Å²) in [5.74, 6) is 0.380. The summed E-state index contributed by atoms with van der Waals surface area (Å²) < 4.78 is 5.26. The Bertz CT molecular complexity index is 581. The number of methoxy groups -OCH3 is 1. The predicted molar refractivity (Wildman–Crippen MR) is 79.2 cm³/mol. The maximum atomic E-state index is 12.4. The van der Waals surface area contributed by atoms with Crippen molar-refractivity contribution in [2.45, 2.75) is 32.2 Å². The number of hydrogen-bond acceptors (Lipinski definition) is 3. The Hall–Kier alpha value is -2.04. The van der Waals surface area contributed by atoms with Gasteiger partial charge in [0.25, 0.3) is 0 Å². The molecule has 1 aromatic carbocycles. The Labute approximate surface area is 124 Å². The van der Waals surface area contributed by atoms with Crippen LogP contribution in [-0.2, 0) is 9.59 Å². The molecule has 1 N–H and O–H groups in total. The average Bonchev–Trinajstić information content (AvgIpc) is 3.22. The summed E-state index contributed by atoms with van der Waals surface area (Å²) in [6, 6.07) is 6.03. The summed E-state index contributed by atoms with van der Waals surface area (Å²) in [6.07, 6.45) is 2.47. The highest BCUT2D eigenvalue weighted by atomic mass is 16.5. The topological polar surface area (TPSA) is 58.6 Å². The smallest absolute Gasteiger partial charge is 0.229 e. The highest BCUT2D eigenvalue weighted by Crippen LogP contribution is 2.33. The molecule has 2 amide bonds. The van der Waals surface area contributed by atoms with E-state index in [-0.39, 0.29) is 17.7 Å². The van der Waals surface area contributed by atoms with Gasteiger partial charge in [-0.15, -0.1) is 0 Å². The second-order valence-electron chi connectivity index (χ2n) is 5.87. The highest BCUT2D eigenvalue weighted by Gasteiger charge is 2.41. The van der Waals surface area contributed by atoms with E-state index in [0.717, 1.165) is 18.4 Å². The van der Waals surface area contributed by atoms with Crippen molar-refractivity contribution in [3.63, 3.8) is 0 Å². The molecule has 0 unspecified atom stereocenters. The molecule has 2 fully saturated rings. The Balaban J connectivity index is 1.69. The van der Waals surface area contributed by atoms with Gasteiger partial charge in [0.2, 0.25) is 11.8 Å². The van der Waals surface area contributed by atoms with Crippen LogP contribution < -0.4 is 10.1 Å². The minimum absolute atomic E-state index is 0.101. The first-order chi connectivity index (χ1) is 10.1. The van der Waals surface area contributed by atoms with Crippen LogP contribution in [0.1, 0.15) is 24.8 Å². The molecule has 0 spiro atoms. The standard InChI is InChI=1S/C16H20N2O3/c1-10-3-6-14(21-2)13(7-10)17-16(20)11-8-15(19)18(9-11)12-4-5-12/h3,6-7,11-12H,4-5,8-9H2,1-2H3,(H,17,20)/t11-/m0/s1. The number of hydrogen-bond donors (Lipinski definition) is 1. The van der Waals surface area contributed by atoms with Gasteiger partial charge in [0.15, 0.2) is 0 Å². The molecule has 3 rings (SSSR count). The molecule has 1 heterocycles. The third-order valence-electron chi connectivity index (χ3n) is 4.13. The third kappa shape index (κ3) is 2.86. The van der Waals surface area contributed by atoms with Crippen LogP contribution in [0.5, 0.6) is 5.75 Å². The van der Waals surface area contributed by atoms with E-state index >= 15 is 0 Å². The van der Waals surface area contributed by atoms with Crippen LogP contribution in [0.2, 0.25) is 0 Å². The quantitative estimate of drug-likeness (QED) is 0.921. The summed E-state index contributed by atoms with van der Waals surface area (Å²) in [5.41, 5.74) is 1.72. The van der Waals surface area contributed by atoms with Crippen molar-refractivity contribution in [2.75, 3.05) is 19.0 Å². The highest BCUT2D eigenvalue weighted by molar-refractivity contribution is 5.98. The number of carbonyl (C=O) groups is 2. The first-order valence-corrected chi connectivity index (χ1v) is 7.33. The van der Waals surface area contributed by atoms with Crippen LogP contribution in [0.3, 0.4) is 0 Å². The van der Waals surface area contributed by atoms with E-state index in [2.05, 4.69) is 5.32 Å². The molecule has 1 aromatic rings. The van der Waals surface area contributed by atoms with Gasteiger partial charge in [0.1, 0.15) is 5.75 Å². The zero-order valence-corrected chi connectivity index (χ0v) is 12.4. The van der Waals surface area contributed by atoms with Crippen molar-refractivity contribution < 1.29 is 14.3 Å². The lowest BCUT2D eigenvalue weighted by Crippen LogP contribution is -2.29. The van der Waals surface area contributed by atoms with Gasteiger partial charge in [-0.1, -0.05) is 6.07 Å². The van der Waals surface area contributed by atoms with E-state index in [1.54, 1.807) is 7.11 Å². The van der Waals surface area contributed by atoms with Crippen LogP contribution in [0.4, 0.5) is 5.69 Å². The monoisotopic (exact) mass is 288 g/mol. The SMILES string of the molecule is COc1ccc(C)cc1NC(=O)[C@H]1CC(=O)N(C2CC2)C1. The molecule has 1 saturated carbocycles. The molecule has 0 radical (unpaired) electrons. The number of anilines is 1. The zero-order valence-electron chi connectivity index (χ0n) is 12.4. The van der Waals surface area contributed by atoms with Crippen LogP contribution in [0.25, 0.3) is 0 Å². The Morgan fingerprint density at radius 3 is 2.81 bits per heavy atom. The molecular weight excluding hydrogens is 268 g/mol. The Morgan fingerprint density at radius 2 is 2.14 bits per heavy atom. The van der Waals surface area contributed by atoms with Gasteiger partial charge in [0.05, 0.1) is 18.7 Å². The number of likely N-dealkylation sites (tertiary alicyclic amines) is 1. The molecule has 1 saturated heterocycles. The van der Waals surface area contributed by atoms with Crippen LogP contribution in [0.15, 0.2) is 18.2 Å². The van der Waals surface area contributed by atoms with E-state index in [1.165, 1.54) is 0 Å². The molecule has 21 heavy (non-hydrogen) atoms. The molecule has 1 aliphatic carbocycles. The molecule has 5 heteroatoms. The van der Waals surface area contributed by atoms with E-state index in [0.29, 0.717) is 30.4 Å². The predicted octanol–water partition coefficient (Wildman–Crippen LogP) is 1.95. The molecule has 2 aliphatic rings. The second kappa shape index (κ2) is 5.39. The molecule has 0 bridgehead atoms. The van der Waals surface area contributed by atoms with E-state index in [1.807, 2.05) is 30.0 Å².